The summed E-state index contributed by atoms with van der Waals surface area (Å²) in [7, 11) is 0. The van der Waals surface area contributed by atoms with E-state index in [9.17, 15) is 5.11 Å². The van der Waals surface area contributed by atoms with Crippen molar-refractivity contribution in [1.29, 1.82) is 0 Å². The van der Waals surface area contributed by atoms with Crippen LogP contribution in [0.3, 0.4) is 0 Å². The van der Waals surface area contributed by atoms with Crippen molar-refractivity contribution in [3.63, 3.8) is 0 Å². The van der Waals surface area contributed by atoms with Gasteiger partial charge in [-0.2, -0.15) is 0 Å². The lowest BCUT2D eigenvalue weighted by Gasteiger charge is -2.07. The minimum absolute atomic E-state index is 0.205. The fourth-order valence-electron chi connectivity index (χ4n) is 0.961. The SMILES string of the molecule is C=C(OCC)c1ccccc1O. The summed E-state index contributed by atoms with van der Waals surface area (Å²) < 4.78 is 5.15. The van der Waals surface area contributed by atoms with E-state index in [1.165, 1.54) is 0 Å². The third-order valence-electron chi connectivity index (χ3n) is 1.52. The molecule has 0 bridgehead atoms. The highest BCUT2D eigenvalue weighted by atomic mass is 16.5. The molecular formula is C10H12O2. The quantitative estimate of drug-likeness (QED) is 0.695. The fourth-order valence-corrected chi connectivity index (χ4v) is 0.961. The van der Waals surface area contributed by atoms with E-state index in [2.05, 4.69) is 6.58 Å². The summed E-state index contributed by atoms with van der Waals surface area (Å²) in [6, 6.07) is 6.98. The molecule has 0 fully saturated rings. The number of phenols is 1. The number of aromatic hydroxyl groups is 1. The van der Waals surface area contributed by atoms with Crippen LogP contribution in [0.5, 0.6) is 5.75 Å². The molecule has 64 valence electrons. The Balaban J connectivity index is 2.87. The molecule has 1 aromatic rings. The van der Waals surface area contributed by atoms with Crippen LogP contribution in [-0.4, -0.2) is 11.7 Å². The standard InChI is InChI=1S/C10H12O2/c1-3-12-8(2)9-6-4-5-7-10(9)11/h4-7,11H,2-3H2,1H3. The summed E-state index contributed by atoms with van der Waals surface area (Å²) in [4.78, 5) is 0. The number of phenolic OH excluding ortho intramolecular Hbond substituents is 1. The first-order valence-corrected chi connectivity index (χ1v) is 3.85. The Bertz CT molecular complexity index is 279. The average molecular weight is 164 g/mol. The largest absolute Gasteiger partial charge is 0.507 e. The Kier molecular flexibility index (Phi) is 2.75. The highest BCUT2D eigenvalue weighted by Crippen LogP contribution is 2.23. The van der Waals surface area contributed by atoms with E-state index in [1.54, 1.807) is 18.2 Å². The summed E-state index contributed by atoms with van der Waals surface area (Å²) in [6.07, 6.45) is 0. The monoisotopic (exact) mass is 164 g/mol. The van der Waals surface area contributed by atoms with Gasteiger partial charge in [0.2, 0.25) is 0 Å². The van der Waals surface area contributed by atoms with E-state index >= 15 is 0 Å². The van der Waals surface area contributed by atoms with Crippen LogP contribution in [0.4, 0.5) is 0 Å². The number of para-hydroxylation sites is 1. The molecule has 2 heteroatoms. The smallest absolute Gasteiger partial charge is 0.126 e. The van der Waals surface area contributed by atoms with Gasteiger partial charge in [0.1, 0.15) is 11.5 Å². The summed E-state index contributed by atoms with van der Waals surface area (Å²) >= 11 is 0. The molecule has 1 rings (SSSR count). The average Bonchev–Trinajstić information content (AvgIpc) is 2.05. The van der Waals surface area contributed by atoms with Crippen LogP contribution in [0.2, 0.25) is 0 Å². The maximum atomic E-state index is 9.37. The van der Waals surface area contributed by atoms with Gasteiger partial charge in [-0.15, -0.1) is 0 Å². The third-order valence-corrected chi connectivity index (χ3v) is 1.52. The van der Waals surface area contributed by atoms with E-state index in [4.69, 9.17) is 4.74 Å². The van der Waals surface area contributed by atoms with Crippen molar-refractivity contribution in [3.8, 4) is 5.75 Å². The second-order valence-corrected chi connectivity index (χ2v) is 2.37. The maximum absolute atomic E-state index is 9.37. The van der Waals surface area contributed by atoms with E-state index < -0.39 is 0 Å². The lowest BCUT2D eigenvalue weighted by atomic mass is 10.2. The second-order valence-electron chi connectivity index (χ2n) is 2.37. The van der Waals surface area contributed by atoms with Gasteiger partial charge in [-0.3, -0.25) is 0 Å². The van der Waals surface area contributed by atoms with Gasteiger partial charge in [-0.05, 0) is 19.1 Å². The number of hydrogen-bond acceptors (Lipinski definition) is 2. The zero-order chi connectivity index (χ0) is 8.97. The first kappa shape index (κ1) is 8.65. The van der Waals surface area contributed by atoms with Gasteiger partial charge in [0.05, 0.1) is 12.2 Å². The fraction of sp³-hybridized carbons (Fsp3) is 0.200. The van der Waals surface area contributed by atoms with Crippen LogP contribution in [-0.2, 0) is 4.74 Å². The molecule has 0 aromatic heterocycles. The topological polar surface area (TPSA) is 29.5 Å². The number of rotatable bonds is 3. The molecule has 0 amide bonds. The van der Waals surface area contributed by atoms with Crippen LogP contribution in [0.1, 0.15) is 12.5 Å². The molecule has 2 nitrogen and oxygen atoms in total. The minimum atomic E-state index is 0.205. The summed E-state index contributed by atoms with van der Waals surface area (Å²) in [6.45, 7) is 6.14. The molecule has 0 aliphatic rings. The normalized spacial score (nSPS) is 9.42. The molecule has 0 radical (unpaired) electrons. The van der Waals surface area contributed by atoms with Crippen molar-refractivity contribution in [1.82, 2.24) is 0 Å². The summed E-state index contributed by atoms with van der Waals surface area (Å²) in [5, 5.41) is 9.37. The van der Waals surface area contributed by atoms with Crippen molar-refractivity contribution in [3.05, 3.63) is 36.4 Å². The van der Waals surface area contributed by atoms with Gasteiger partial charge in [-0.25, -0.2) is 0 Å². The zero-order valence-corrected chi connectivity index (χ0v) is 7.08. The molecule has 0 heterocycles. The van der Waals surface area contributed by atoms with Gasteiger partial charge in [0.25, 0.3) is 0 Å². The van der Waals surface area contributed by atoms with Crippen molar-refractivity contribution < 1.29 is 9.84 Å². The molecule has 12 heavy (non-hydrogen) atoms. The molecule has 0 unspecified atom stereocenters. The minimum Gasteiger partial charge on any atom is -0.507 e. The molecule has 1 N–H and O–H groups in total. The Morgan fingerprint density at radius 1 is 1.50 bits per heavy atom. The van der Waals surface area contributed by atoms with E-state index in [-0.39, 0.29) is 5.75 Å². The lowest BCUT2D eigenvalue weighted by Crippen LogP contribution is -1.89. The van der Waals surface area contributed by atoms with Crippen LogP contribution >= 0.6 is 0 Å². The Morgan fingerprint density at radius 3 is 2.75 bits per heavy atom. The molecule has 0 spiro atoms. The molecular weight excluding hydrogens is 152 g/mol. The van der Waals surface area contributed by atoms with Crippen molar-refractivity contribution in [2.45, 2.75) is 6.92 Å². The highest BCUT2D eigenvalue weighted by Gasteiger charge is 2.03. The Morgan fingerprint density at radius 2 is 2.17 bits per heavy atom. The summed E-state index contributed by atoms with van der Waals surface area (Å²) in [5.74, 6) is 0.714. The highest BCUT2D eigenvalue weighted by molar-refractivity contribution is 5.63. The zero-order valence-electron chi connectivity index (χ0n) is 7.08. The van der Waals surface area contributed by atoms with E-state index in [0.717, 1.165) is 0 Å². The van der Waals surface area contributed by atoms with E-state index in [1.807, 2.05) is 13.0 Å². The number of hydrogen-bond donors (Lipinski definition) is 1. The first-order valence-electron chi connectivity index (χ1n) is 3.85. The van der Waals surface area contributed by atoms with Gasteiger partial charge in [-0.1, -0.05) is 18.7 Å². The molecule has 0 atom stereocenters. The van der Waals surface area contributed by atoms with Crippen LogP contribution < -0.4 is 0 Å². The molecule has 0 aliphatic carbocycles. The summed E-state index contributed by atoms with van der Waals surface area (Å²) in [5.41, 5.74) is 0.652. The second kappa shape index (κ2) is 3.81. The third kappa shape index (κ3) is 1.78. The number of benzene rings is 1. The molecule has 0 saturated heterocycles. The van der Waals surface area contributed by atoms with Crippen molar-refractivity contribution in [2.24, 2.45) is 0 Å². The Hall–Kier alpha value is -1.44. The van der Waals surface area contributed by atoms with Gasteiger partial charge >= 0.3 is 0 Å². The van der Waals surface area contributed by atoms with Gasteiger partial charge in [0.15, 0.2) is 0 Å². The van der Waals surface area contributed by atoms with E-state index in [0.29, 0.717) is 17.9 Å². The van der Waals surface area contributed by atoms with Crippen molar-refractivity contribution in [2.75, 3.05) is 6.61 Å². The van der Waals surface area contributed by atoms with Gasteiger partial charge < -0.3 is 9.84 Å². The maximum Gasteiger partial charge on any atom is 0.126 e. The lowest BCUT2D eigenvalue weighted by molar-refractivity contribution is 0.297. The van der Waals surface area contributed by atoms with Crippen LogP contribution in [0.15, 0.2) is 30.8 Å². The molecule has 0 saturated carbocycles. The molecule has 1 aromatic carbocycles. The van der Waals surface area contributed by atoms with Gasteiger partial charge in [0, 0.05) is 0 Å². The predicted octanol–water partition coefficient (Wildman–Crippen LogP) is 2.40. The van der Waals surface area contributed by atoms with Crippen molar-refractivity contribution >= 4 is 5.76 Å². The van der Waals surface area contributed by atoms with Crippen LogP contribution in [0.25, 0.3) is 5.76 Å². The first-order chi connectivity index (χ1) is 5.75. The molecule has 0 aliphatic heterocycles. The Labute approximate surface area is 72.1 Å². The van der Waals surface area contributed by atoms with Crippen LogP contribution in [0, 0.1) is 0 Å². The number of ether oxygens (including phenoxy) is 1. The predicted molar refractivity (Wildman–Crippen MR) is 48.8 cm³/mol.